The standard InChI is InChI=1S/C9H14N2O2S/c1-6(9(10)12)11-5-7-3-4-8(13-2)14-7/h3-4,6,11H,5H2,1-2H3,(H2,10,12)/t6-/m0/s1. The number of primary amides is 1. The zero-order valence-corrected chi connectivity index (χ0v) is 9.06. The molecule has 0 saturated carbocycles. The van der Waals surface area contributed by atoms with Gasteiger partial charge >= 0.3 is 0 Å². The molecule has 0 aliphatic rings. The maximum atomic E-state index is 10.7. The number of hydrogen-bond acceptors (Lipinski definition) is 4. The molecule has 0 spiro atoms. The second-order valence-electron chi connectivity index (χ2n) is 2.93. The van der Waals surface area contributed by atoms with Gasteiger partial charge in [-0.1, -0.05) is 0 Å². The van der Waals surface area contributed by atoms with E-state index in [1.807, 2.05) is 12.1 Å². The van der Waals surface area contributed by atoms with Crippen molar-refractivity contribution < 1.29 is 9.53 Å². The second-order valence-corrected chi connectivity index (χ2v) is 4.06. The number of nitrogens with two attached hydrogens (primary N) is 1. The van der Waals surface area contributed by atoms with Crippen LogP contribution in [-0.4, -0.2) is 19.1 Å². The predicted octanol–water partition coefficient (Wildman–Crippen LogP) is 0.720. The summed E-state index contributed by atoms with van der Waals surface area (Å²) in [7, 11) is 1.63. The van der Waals surface area contributed by atoms with Crippen molar-refractivity contribution in [1.29, 1.82) is 0 Å². The van der Waals surface area contributed by atoms with Gasteiger partial charge in [0, 0.05) is 11.4 Å². The van der Waals surface area contributed by atoms with Gasteiger partial charge in [-0.05, 0) is 19.1 Å². The Hall–Kier alpha value is -1.07. The van der Waals surface area contributed by atoms with Crippen LogP contribution in [0.25, 0.3) is 0 Å². The van der Waals surface area contributed by atoms with Crippen molar-refractivity contribution in [3.05, 3.63) is 17.0 Å². The Morgan fingerprint density at radius 1 is 1.71 bits per heavy atom. The lowest BCUT2D eigenvalue weighted by Gasteiger charge is -2.07. The van der Waals surface area contributed by atoms with Crippen LogP contribution in [0, 0.1) is 0 Å². The lowest BCUT2D eigenvalue weighted by Crippen LogP contribution is -2.38. The van der Waals surface area contributed by atoms with Gasteiger partial charge in [0.15, 0.2) is 5.06 Å². The molecule has 78 valence electrons. The summed E-state index contributed by atoms with van der Waals surface area (Å²) in [6, 6.07) is 3.56. The van der Waals surface area contributed by atoms with E-state index in [1.165, 1.54) is 0 Å². The number of amides is 1. The van der Waals surface area contributed by atoms with Crippen LogP contribution >= 0.6 is 11.3 Å². The SMILES string of the molecule is COc1ccc(CN[C@@H](C)C(N)=O)s1. The number of carbonyl (C=O) groups excluding carboxylic acids is 1. The highest BCUT2D eigenvalue weighted by Gasteiger charge is 2.07. The van der Waals surface area contributed by atoms with E-state index in [4.69, 9.17) is 10.5 Å². The third-order valence-electron chi connectivity index (χ3n) is 1.85. The summed E-state index contributed by atoms with van der Waals surface area (Å²) in [5, 5.41) is 3.89. The van der Waals surface area contributed by atoms with Crippen molar-refractivity contribution >= 4 is 17.2 Å². The summed E-state index contributed by atoms with van der Waals surface area (Å²) in [6.45, 7) is 2.38. The first-order valence-corrected chi connectivity index (χ1v) is 5.10. The van der Waals surface area contributed by atoms with Gasteiger partial charge in [-0.25, -0.2) is 0 Å². The first kappa shape index (κ1) is 11.0. The van der Waals surface area contributed by atoms with Crippen LogP contribution in [0.1, 0.15) is 11.8 Å². The molecule has 0 radical (unpaired) electrons. The number of nitrogens with one attached hydrogen (secondary N) is 1. The molecule has 0 aromatic carbocycles. The van der Waals surface area contributed by atoms with Gasteiger partial charge in [-0.15, -0.1) is 11.3 Å². The molecule has 1 atom stereocenters. The minimum Gasteiger partial charge on any atom is -0.487 e. The highest BCUT2D eigenvalue weighted by molar-refractivity contribution is 7.13. The summed E-state index contributed by atoms with van der Waals surface area (Å²) in [6.07, 6.45) is 0. The van der Waals surface area contributed by atoms with Gasteiger partial charge in [0.2, 0.25) is 5.91 Å². The Morgan fingerprint density at radius 2 is 2.43 bits per heavy atom. The Labute approximate surface area is 87.1 Å². The van der Waals surface area contributed by atoms with Crippen LogP contribution in [0.4, 0.5) is 0 Å². The fourth-order valence-corrected chi connectivity index (χ4v) is 1.69. The maximum absolute atomic E-state index is 10.7. The Morgan fingerprint density at radius 3 is 2.93 bits per heavy atom. The lowest BCUT2D eigenvalue weighted by molar-refractivity contribution is -0.119. The van der Waals surface area contributed by atoms with E-state index in [9.17, 15) is 4.79 Å². The zero-order chi connectivity index (χ0) is 10.6. The molecule has 14 heavy (non-hydrogen) atoms. The van der Waals surface area contributed by atoms with E-state index in [2.05, 4.69) is 5.32 Å². The topological polar surface area (TPSA) is 64.3 Å². The molecule has 5 heteroatoms. The monoisotopic (exact) mass is 214 g/mol. The number of methoxy groups -OCH3 is 1. The molecule has 0 bridgehead atoms. The molecule has 0 fully saturated rings. The van der Waals surface area contributed by atoms with Crippen molar-refractivity contribution in [2.75, 3.05) is 7.11 Å². The summed E-state index contributed by atoms with van der Waals surface area (Å²) in [5.41, 5.74) is 5.11. The van der Waals surface area contributed by atoms with Gasteiger partial charge in [0.25, 0.3) is 0 Å². The summed E-state index contributed by atoms with van der Waals surface area (Å²) in [4.78, 5) is 11.8. The Bertz CT molecular complexity index is 312. The Balaban J connectivity index is 2.41. The zero-order valence-electron chi connectivity index (χ0n) is 8.24. The van der Waals surface area contributed by atoms with E-state index >= 15 is 0 Å². The highest BCUT2D eigenvalue weighted by Crippen LogP contribution is 2.23. The molecule has 4 nitrogen and oxygen atoms in total. The molecule has 3 N–H and O–H groups in total. The molecule has 1 aromatic heterocycles. The highest BCUT2D eigenvalue weighted by atomic mass is 32.1. The maximum Gasteiger partial charge on any atom is 0.234 e. The lowest BCUT2D eigenvalue weighted by atomic mass is 10.3. The number of carbonyl (C=O) groups is 1. The fourth-order valence-electron chi connectivity index (χ4n) is 0.917. The van der Waals surface area contributed by atoms with Crippen LogP contribution in [0.5, 0.6) is 5.06 Å². The number of hydrogen-bond donors (Lipinski definition) is 2. The van der Waals surface area contributed by atoms with E-state index in [0.29, 0.717) is 6.54 Å². The predicted molar refractivity (Wildman–Crippen MR) is 56.4 cm³/mol. The average molecular weight is 214 g/mol. The smallest absolute Gasteiger partial charge is 0.234 e. The van der Waals surface area contributed by atoms with E-state index in [1.54, 1.807) is 25.4 Å². The molecule has 1 heterocycles. The third kappa shape index (κ3) is 3.01. The second kappa shape index (κ2) is 4.97. The van der Waals surface area contributed by atoms with Crippen LogP contribution in [-0.2, 0) is 11.3 Å². The van der Waals surface area contributed by atoms with E-state index in [0.717, 1.165) is 9.94 Å². The van der Waals surface area contributed by atoms with E-state index in [-0.39, 0.29) is 11.9 Å². The number of thiophene rings is 1. The fraction of sp³-hybridized carbons (Fsp3) is 0.444. The van der Waals surface area contributed by atoms with Crippen LogP contribution in [0.3, 0.4) is 0 Å². The van der Waals surface area contributed by atoms with Crippen LogP contribution in [0.2, 0.25) is 0 Å². The van der Waals surface area contributed by atoms with Crippen molar-refractivity contribution in [3.63, 3.8) is 0 Å². The summed E-state index contributed by atoms with van der Waals surface area (Å²) < 4.78 is 5.05. The molecule has 1 aromatic rings. The first-order chi connectivity index (χ1) is 6.63. The normalized spacial score (nSPS) is 12.4. The van der Waals surface area contributed by atoms with Crippen molar-refractivity contribution in [2.24, 2.45) is 5.73 Å². The summed E-state index contributed by atoms with van der Waals surface area (Å²) in [5.74, 6) is -0.339. The third-order valence-corrected chi connectivity index (χ3v) is 2.89. The molecule has 0 saturated heterocycles. The van der Waals surface area contributed by atoms with Gasteiger partial charge in [0.1, 0.15) is 0 Å². The van der Waals surface area contributed by atoms with Gasteiger partial charge in [0.05, 0.1) is 13.2 Å². The van der Waals surface area contributed by atoms with Crippen molar-refractivity contribution in [2.45, 2.75) is 19.5 Å². The first-order valence-electron chi connectivity index (χ1n) is 4.29. The van der Waals surface area contributed by atoms with Crippen molar-refractivity contribution in [1.82, 2.24) is 5.32 Å². The number of rotatable bonds is 5. The number of ether oxygens (including phenoxy) is 1. The quantitative estimate of drug-likeness (QED) is 0.759. The molecule has 0 aliphatic heterocycles. The van der Waals surface area contributed by atoms with Crippen LogP contribution in [0.15, 0.2) is 12.1 Å². The molecular formula is C9H14N2O2S. The van der Waals surface area contributed by atoms with Gasteiger partial charge in [-0.3, -0.25) is 4.79 Å². The van der Waals surface area contributed by atoms with Crippen LogP contribution < -0.4 is 15.8 Å². The molecule has 0 aliphatic carbocycles. The molecule has 0 unspecified atom stereocenters. The van der Waals surface area contributed by atoms with Crippen molar-refractivity contribution in [3.8, 4) is 5.06 Å². The minimum atomic E-state index is -0.339. The molecule has 1 amide bonds. The average Bonchev–Trinajstić information content (AvgIpc) is 2.61. The summed E-state index contributed by atoms with van der Waals surface area (Å²) >= 11 is 1.55. The minimum absolute atomic E-state index is 0.303. The van der Waals surface area contributed by atoms with Gasteiger partial charge < -0.3 is 15.8 Å². The largest absolute Gasteiger partial charge is 0.487 e. The van der Waals surface area contributed by atoms with E-state index < -0.39 is 0 Å². The van der Waals surface area contributed by atoms with Gasteiger partial charge in [-0.2, -0.15) is 0 Å². The Kier molecular flexibility index (Phi) is 3.91. The molecule has 1 rings (SSSR count). The molecular weight excluding hydrogens is 200 g/mol.